The number of aryl methyl sites for hydroxylation is 1. The van der Waals surface area contributed by atoms with E-state index in [4.69, 9.17) is 10.3 Å². The van der Waals surface area contributed by atoms with Crippen molar-refractivity contribution in [1.29, 1.82) is 0 Å². The number of nitrogens with zero attached hydrogens (tertiary/aromatic N) is 1. The maximum Gasteiger partial charge on any atom is 0.179 e. The van der Waals surface area contributed by atoms with Gasteiger partial charge >= 0.3 is 0 Å². The van der Waals surface area contributed by atoms with Crippen LogP contribution >= 0.6 is 11.9 Å². The second-order valence-corrected chi connectivity index (χ2v) is 3.98. The van der Waals surface area contributed by atoms with Crippen molar-refractivity contribution in [2.75, 3.05) is 10.5 Å². The van der Waals surface area contributed by atoms with Crippen molar-refractivity contribution in [3.8, 4) is 0 Å². The first-order chi connectivity index (χ1) is 7.24. The highest BCUT2D eigenvalue weighted by Gasteiger charge is 1.99. The third kappa shape index (κ3) is 2.66. The quantitative estimate of drug-likeness (QED) is 0.616. The maximum atomic E-state index is 5.58. The zero-order chi connectivity index (χ0) is 10.7. The third-order valence-electron chi connectivity index (χ3n) is 1.78. The Morgan fingerprint density at radius 2 is 2.07 bits per heavy atom. The number of nitrogen functional groups attached to an aromatic ring is 1. The Kier molecular flexibility index (Phi) is 2.82. The molecule has 1 aromatic heterocycles. The van der Waals surface area contributed by atoms with Gasteiger partial charge in [-0.25, -0.2) is 0 Å². The molecule has 1 heterocycles. The van der Waals surface area contributed by atoms with Crippen molar-refractivity contribution in [2.45, 2.75) is 11.8 Å². The van der Waals surface area contributed by atoms with Crippen LogP contribution < -0.4 is 10.5 Å². The minimum atomic E-state index is 0.717. The summed E-state index contributed by atoms with van der Waals surface area (Å²) in [6.45, 7) is 1.85. The van der Waals surface area contributed by atoms with E-state index in [1.165, 1.54) is 11.9 Å². The number of nitrogens with two attached hydrogens (primary N) is 1. The molecule has 1 aromatic carbocycles. The number of hydrogen-bond donors (Lipinski definition) is 2. The molecule has 0 saturated carbocycles. The predicted molar refractivity (Wildman–Crippen MR) is 61.6 cm³/mol. The Morgan fingerprint density at radius 1 is 1.33 bits per heavy atom. The molecule has 0 fully saturated rings. The van der Waals surface area contributed by atoms with Gasteiger partial charge in [0.25, 0.3) is 0 Å². The fraction of sp³-hybridized carbons (Fsp3) is 0.100. The molecular formula is C10H11N3OS. The van der Waals surface area contributed by atoms with Gasteiger partial charge in [0.05, 0.1) is 0 Å². The van der Waals surface area contributed by atoms with E-state index in [9.17, 15) is 0 Å². The van der Waals surface area contributed by atoms with Crippen LogP contribution in [0.3, 0.4) is 0 Å². The van der Waals surface area contributed by atoms with E-state index in [2.05, 4.69) is 9.88 Å². The molecular weight excluding hydrogens is 210 g/mol. The molecule has 0 amide bonds. The van der Waals surface area contributed by atoms with Crippen molar-refractivity contribution in [3.63, 3.8) is 0 Å². The maximum absolute atomic E-state index is 5.58. The highest BCUT2D eigenvalue weighted by Crippen LogP contribution is 2.21. The van der Waals surface area contributed by atoms with Crippen molar-refractivity contribution in [3.05, 3.63) is 36.1 Å². The normalized spacial score (nSPS) is 10.2. The van der Waals surface area contributed by atoms with Crippen LogP contribution in [0.2, 0.25) is 0 Å². The van der Waals surface area contributed by atoms with Crippen LogP contribution in [-0.2, 0) is 0 Å². The summed E-state index contributed by atoms with van der Waals surface area (Å²) >= 11 is 1.47. The standard InChI is InChI=1S/C10H11N3OS/c1-7-6-10(12-14-7)13-15-9-4-2-8(11)3-5-9/h2-6H,11H2,1H3,(H,12,13). The number of nitrogens with one attached hydrogen (secondary N) is 1. The van der Waals surface area contributed by atoms with Crippen LogP contribution in [0.25, 0.3) is 0 Å². The molecule has 4 nitrogen and oxygen atoms in total. The van der Waals surface area contributed by atoms with Gasteiger partial charge in [-0.3, -0.25) is 0 Å². The van der Waals surface area contributed by atoms with Crippen LogP contribution in [0.15, 0.2) is 39.8 Å². The van der Waals surface area contributed by atoms with Crippen molar-refractivity contribution in [1.82, 2.24) is 5.16 Å². The average Bonchev–Trinajstić information content (AvgIpc) is 2.64. The fourth-order valence-corrected chi connectivity index (χ4v) is 1.65. The Bertz CT molecular complexity index is 438. The van der Waals surface area contributed by atoms with E-state index >= 15 is 0 Å². The lowest BCUT2D eigenvalue weighted by molar-refractivity contribution is 0.400. The van der Waals surface area contributed by atoms with Crippen molar-refractivity contribution < 1.29 is 4.52 Å². The summed E-state index contributed by atoms with van der Waals surface area (Å²) in [6.07, 6.45) is 0. The fourth-order valence-electron chi connectivity index (χ4n) is 1.06. The van der Waals surface area contributed by atoms with Gasteiger partial charge in [-0.05, 0) is 43.1 Å². The molecule has 3 N–H and O–H groups in total. The summed E-state index contributed by atoms with van der Waals surface area (Å²) in [4.78, 5) is 1.07. The van der Waals surface area contributed by atoms with Crippen molar-refractivity contribution in [2.24, 2.45) is 0 Å². The zero-order valence-electron chi connectivity index (χ0n) is 8.23. The highest BCUT2D eigenvalue weighted by molar-refractivity contribution is 8.00. The molecule has 78 valence electrons. The first-order valence-electron chi connectivity index (χ1n) is 4.46. The third-order valence-corrected chi connectivity index (χ3v) is 2.60. The molecule has 0 radical (unpaired) electrons. The lowest BCUT2D eigenvalue weighted by atomic mass is 10.3. The summed E-state index contributed by atoms with van der Waals surface area (Å²) in [5, 5.41) is 3.82. The minimum Gasteiger partial charge on any atom is -0.399 e. The monoisotopic (exact) mass is 221 g/mol. The molecule has 5 heteroatoms. The Morgan fingerprint density at radius 3 is 2.67 bits per heavy atom. The number of hydrogen-bond acceptors (Lipinski definition) is 5. The van der Waals surface area contributed by atoms with Gasteiger partial charge in [0.15, 0.2) is 5.82 Å². The summed E-state index contributed by atoms with van der Waals surface area (Å²) in [7, 11) is 0. The number of rotatable bonds is 3. The lowest BCUT2D eigenvalue weighted by Gasteiger charge is -2.01. The second-order valence-electron chi connectivity index (χ2n) is 3.10. The summed E-state index contributed by atoms with van der Waals surface area (Å²) in [5.74, 6) is 1.50. The van der Waals surface area contributed by atoms with Crippen LogP contribution in [0.4, 0.5) is 11.5 Å². The van der Waals surface area contributed by atoms with E-state index < -0.39 is 0 Å². The Balaban J connectivity index is 1.96. The number of benzene rings is 1. The van der Waals surface area contributed by atoms with E-state index in [-0.39, 0.29) is 0 Å². The molecule has 0 aliphatic heterocycles. The van der Waals surface area contributed by atoms with E-state index in [0.717, 1.165) is 16.3 Å². The molecule has 2 rings (SSSR count). The predicted octanol–water partition coefficient (Wildman–Crippen LogP) is 2.68. The molecule has 0 aliphatic carbocycles. The van der Waals surface area contributed by atoms with Crippen LogP contribution in [-0.4, -0.2) is 5.16 Å². The van der Waals surface area contributed by atoms with E-state index in [1.807, 2.05) is 37.3 Å². The van der Waals surface area contributed by atoms with Gasteiger partial charge in [-0.15, -0.1) is 0 Å². The molecule has 0 bridgehead atoms. The van der Waals surface area contributed by atoms with Gasteiger partial charge in [-0.1, -0.05) is 5.16 Å². The molecule has 0 aliphatic rings. The molecule has 2 aromatic rings. The summed E-state index contributed by atoms with van der Waals surface area (Å²) in [5.41, 5.74) is 6.34. The second kappa shape index (κ2) is 4.27. The Labute approximate surface area is 92.0 Å². The molecule has 15 heavy (non-hydrogen) atoms. The smallest absolute Gasteiger partial charge is 0.179 e. The first-order valence-corrected chi connectivity index (χ1v) is 5.27. The summed E-state index contributed by atoms with van der Waals surface area (Å²) < 4.78 is 8.00. The van der Waals surface area contributed by atoms with Crippen LogP contribution in [0.5, 0.6) is 0 Å². The van der Waals surface area contributed by atoms with Gasteiger partial charge in [-0.2, -0.15) is 0 Å². The average molecular weight is 221 g/mol. The van der Waals surface area contributed by atoms with Gasteiger partial charge < -0.3 is 15.0 Å². The molecule has 0 atom stereocenters. The van der Waals surface area contributed by atoms with Gasteiger partial charge in [0, 0.05) is 16.6 Å². The molecule has 0 saturated heterocycles. The van der Waals surface area contributed by atoms with Crippen molar-refractivity contribution >= 4 is 23.5 Å². The summed E-state index contributed by atoms with van der Waals surface area (Å²) in [6, 6.07) is 9.44. The topological polar surface area (TPSA) is 64.1 Å². The Hall–Kier alpha value is -1.62. The van der Waals surface area contributed by atoms with E-state index in [0.29, 0.717) is 5.82 Å². The highest BCUT2D eigenvalue weighted by atomic mass is 32.2. The zero-order valence-corrected chi connectivity index (χ0v) is 9.04. The van der Waals surface area contributed by atoms with Crippen LogP contribution in [0, 0.1) is 6.92 Å². The minimum absolute atomic E-state index is 0.717. The first kappa shape index (κ1) is 9.92. The van der Waals surface area contributed by atoms with E-state index in [1.54, 1.807) is 0 Å². The largest absolute Gasteiger partial charge is 0.399 e. The van der Waals surface area contributed by atoms with Gasteiger partial charge in [0.1, 0.15) is 5.76 Å². The SMILES string of the molecule is Cc1cc(NSc2ccc(N)cc2)no1. The molecule has 0 spiro atoms. The number of aromatic nitrogens is 1. The number of anilines is 2. The molecule has 0 unspecified atom stereocenters. The van der Waals surface area contributed by atoms with Crippen LogP contribution in [0.1, 0.15) is 5.76 Å². The van der Waals surface area contributed by atoms with Gasteiger partial charge in [0.2, 0.25) is 0 Å². The lowest BCUT2D eigenvalue weighted by Crippen LogP contribution is -1.87.